The Morgan fingerprint density at radius 3 is 2.44 bits per heavy atom. The molecule has 0 aliphatic carbocycles. The third kappa shape index (κ3) is 4.08. The highest BCUT2D eigenvalue weighted by atomic mass is 32.2. The fraction of sp³-hybridized carbons (Fsp3) is 0.111. The average Bonchev–Trinajstić information content (AvgIpc) is 3.15. The second kappa shape index (κ2) is 7.36. The van der Waals surface area contributed by atoms with Gasteiger partial charge in [-0.3, -0.25) is 4.79 Å². The molecular formula is C18H13F3N2O3S. The molecule has 3 aromatic rings. The lowest BCUT2D eigenvalue weighted by molar-refractivity contribution is -0.137. The maximum absolute atomic E-state index is 13.4. The number of aliphatic carboxylic acids is 1. The van der Waals surface area contributed by atoms with Crippen molar-refractivity contribution in [2.45, 2.75) is 16.5 Å². The molecule has 3 rings (SSSR count). The smallest absolute Gasteiger partial charge is 0.418 e. The Kier molecular flexibility index (Phi) is 5.13. The summed E-state index contributed by atoms with van der Waals surface area (Å²) in [5.41, 5.74) is 4.31. The zero-order chi connectivity index (χ0) is 19.6. The highest BCUT2D eigenvalue weighted by Gasteiger charge is 2.36. The van der Waals surface area contributed by atoms with Crippen LogP contribution in [0, 0.1) is 0 Å². The van der Waals surface area contributed by atoms with E-state index in [1.54, 1.807) is 30.3 Å². The van der Waals surface area contributed by atoms with E-state index in [4.69, 9.17) is 10.2 Å². The van der Waals surface area contributed by atoms with Gasteiger partial charge in [-0.05, 0) is 23.8 Å². The van der Waals surface area contributed by atoms with Crippen molar-refractivity contribution in [3.05, 3.63) is 65.9 Å². The van der Waals surface area contributed by atoms with Gasteiger partial charge in [0.1, 0.15) is 16.0 Å². The summed E-state index contributed by atoms with van der Waals surface area (Å²) in [7, 11) is 0. The molecular weight excluding hydrogens is 381 g/mol. The van der Waals surface area contributed by atoms with Crippen LogP contribution < -0.4 is 5.73 Å². The summed E-state index contributed by atoms with van der Waals surface area (Å²) in [6.07, 6.45) is -3.42. The van der Waals surface area contributed by atoms with E-state index >= 15 is 0 Å². The molecule has 140 valence electrons. The molecule has 1 unspecified atom stereocenters. The average molecular weight is 394 g/mol. The molecule has 2 aromatic heterocycles. The first kappa shape index (κ1) is 18.8. The van der Waals surface area contributed by atoms with Crippen LogP contribution in [-0.2, 0) is 11.0 Å². The summed E-state index contributed by atoms with van der Waals surface area (Å²) in [6, 6.07) is 11.9. The SMILES string of the molecule is Nc1c(C(F)(F)F)cc(-c2ccco2)nc1SC(C(=O)O)c1ccccc1. The quantitative estimate of drug-likeness (QED) is 0.601. The van der Waals surface area contributed by atoms with Crippen molar-refractivity contribution < 1.29 is 27.5 Å². The molecule has 2 heterocycles. The first-order valence-electron chi connectivity index (χ1n) is 7.63. The third-order valence-electron chi connectivity index (χ3n) is 3.66. The fourth-order valence-corrected chi connectivity index (χ4v) is 3.41. The molecule has 0 aliphatic rings. The topological polar surface area (TPSA) is 89.4 Å². The van der Waals surface area contributed by atoms with Gasteiger partial charge in [-0.1, -0.05) is 42.1 Å². The fourth-order valence-electron chi connectivity index (χ4n) is 2.41. The summed E-state index contributed by atoms with van der Waals surface area (Å²) in [5, 5.41) is 8.13. The van der Waals surface area contributed by atoms with E-state index in [0.29, 0.717) is 17.3 Å². The Balaban J connectivity index is 2.11. The molecule has 0 saturated carbocycles. The molecule has 1 aromatic carbocycles. The maximum Gasteiger partial charge on any atom is 0.418 e. The Morgan fingerprint density at radius 1 is 1.19 bits per heavy atom. The molecule has 0 aliphatic heterocycles. The molecule has 0 radical (unpaired) electrons. The highest BCUT2D eigenvalue weighted by Crippen LogP contribution is 2.43. The number of alkyl halides is 3. The molecule has 0 bridgehead atoms. The van der Waals surface area contributed by atoms with E-state index in [2.05, 4.69) is 4.98 Å². The monoisotopic (exact) mass is 394 g/mol. The number of rotatable bonds is 5. The van der Waals surface area contributed by atoms with E-state index in [1.165, 1.54) is 18.4 Å². The van der Waals surface area contributed by atoms with Crippen molar-refractivity contribution >= 4 is 23.4 Å². The standard InChI is InChI=1S/C18H13F3N2O3S/c19-18(20,21)11-9-12(13-7-4-8-26-13)23-16(14(11)22)27-15(17(24)25)10-5-2-1-3-6-10/h1-9,15H,22H2,(H,24,25). The van der Waals surface area contributed by atoms with Crippen molar-refractivity contribution in [3.8, 4) is 11.5 Å². The number of halogens is 3. The number of aromatic nitrogens is 1. The lowest BCUT2D eigenvalue weighted by atomic mass is 10.1. The van der Waals surface area contributed by atoms with Gasteiger partial charge >= 0.3 is 12.1 Å². The van der Waals surface area contributed by atoms with Crippen LogP contribution in [-0.4, -0.2) is 16.1 Å². The summed E-state index contributed by atoms with van der Waals surface area (Å²) >= 11 is 0.641. The van der Waals surface area contributed by atoms with E-state index < -0.39 is 28.6 Å². The van der Waals surface area contributed by atoms with Crippen LogP contribution in [0.4, 0.5) is 18.9 Å². The number of nitrogens with zero attached hydrogens (tertiary/aromatic N) is 1. The predicted molar refractivity (Wildman–Crippen MR) is 94.0 cm³/mol. The lowest BCUT2D eigenvalue weighted by Gasteiger charge is -2.17. The molecule has 5 nitrogen and oxygen atoms in total. The van der Waals surface area contributed by atoms with Crippen molar-refractivity contribution in [3.63, 3.8) is 0 Å². The van der Waals surface area contributed by atoms with Crippen LogP contribution >= 0.6 is 11.8 Å². The second-order valence-electron chi connectivity index (χ2n) is 5.50. The van der Waals surface area contributed by atoms with Crippen LogP contribution in [0.2, 0.25) is 0 Å². The number of anilines is 1. The molecule has 0 saturated heterocycles. The molecule has 0 spiro atoms. The number of benzene rings is 1. The Bertz CT molecular complexity index is 944. The van der Waals surface area contributed by atoms with Crippen LogP contribution in [0.25, 0.3) is 11.5 Å². The summed E-state index contributed by atoms with van der Waals surface area (Å²) in [4.78, 5) is 15.8. The van der Waals surface area contributed by atoms with Crippen LogP contribution in [0.3, 0.4) is 0 Å². The van der Waals surface area contributed by atoms with Crippen molar-refractivity contribution in [1.82, 2.24) is 4.98 Å². The van der Waals surface area contributed by atoms with Crippen molar-refractivity contribution in [2.75, 3.05) is 5.73 Å². The number of nitrogen functional groups attached to an aromatic ring is 1. The molecule has 9 heteroatoms. The van der Waals surface area contributed by atoms with Crippen LogP contribution in [0.5, 0.6) is 0 Å². The Labute approximate surface area is 156 Å². The van der Waals surface area contributed by atoms with Gasteiger partial charge in [-0.25, -0.2) is 4.98 Å². The number of nitrogens with two attached hydrogens (primary N) is 1. The molecule has 3 N–H and O–H groups in total. The van der Waals surface area contributed by atoms with E-state index in [1.807, 2.05) is 0 Å². The largest absolute Gasteiger partial charge is 0.480 e. The number of carboxylic acid groups (broad SMARTS) is 1. The van der Waals surface area contributed by atoms with Crippen molar-refractivity contribution in [2.24, 2.45) is 0 Å². The molecule has 0 amide bonds. The highest BCUT2D eigenvalue weighted by molar-refractivity contribution is 8.00. The van der Waals surface area contributed by atoms with Gasteiger partial charge in [0.15, 0.2) is 5.76 Å². The van der Waals surface area contributed by atoms with E-state index in [0.717, 1.165) is 6.07 Å². The number of furan rings is 1. The van der Waals surface area contributed by atoms with Gasteiger partial charge < -0.3 is 15.3 Å². The minimum absolute atomic E-state index is 0.0822. The minimum atomic E-state index is -4.73. The zero-order valence-corrected chi connectivity index (χ0v) is 14.4. The Morgan fingerprint density at radius 2 is 1.89 bits per heavy atom. The van der Waals surface area contributed by atoms with Gasteiger partial charge in [-0.15, -0.1) is 0 Å². The first-order valence-corrected chi connectivity index (χ1v) is 8.51. The van der Waals surface area contributed by atoms with Gasteiger partial charge in [-0.2, -0.15) is 13.2 Å². The minimum Gasteiger partial charge on any atom is -0.480 e. The Hall–Kier alpha value is -2.94. The lowest BCUT2D eigenvalue weighted by Crippen LogP contribution is -2.13. The van der Waals surface area contributed by atoms with Gasteiger partial charge in [0, 0.05) is 0 Å². The van der Waals surface area contributed by atoms with E-state index in [9.17, 15) is 23.1 Å². The second-order valence-corrected chi connectivity index (χ2v) is 6.59. The molecule has 1 atom stereocenters. The predicted octanol–water partition coefficient (Wildman–Crippen LogP) is 4.86. The van der Waals surface area contributed by atoms with Crippen molar-refractivity contribution in [1.29, 1.82) is 0 Å². The maximum atomic E-state index is 13.4. The number of carboxylic acids is 1. The third-order valence-corrected chi connectivity index (χ3v) is 4.90. The zero-order valence-electron chi connectivity index (χ0n) is 13.6. The number of hydrogen-bond acceptors (Lipinski definition) is 5. The summed E-state index contributed by atoms with van der Waals surface area (Å²) in [6.45, 7) is 0. The van der Waals surface area contributed by atoms with Gasteiger partial charge in [0.25, 0.3) is 0 Å². The first-order chi connectivity index (χ1) is 12.8. The van der Waals surface area contributed by atoms with Gasteiger partial charge in [0.2, 0.25) is 0 Å². The van der Waals surface area contributed by atoms with Gasteiger partial charge in [0.05, 0.1) is 17.5 Å². The summed E-state index contributed by atoms with van der Waals surface area (Å²) in [5.74, 6) is -1.10. The number of thioether (sulfide) groups is 1. The van der Waals surface area contributed by atoms with E-state index in [-0.39, 0.29) is 16.5 Å². The molecule has 27 heavy (non-hydrogen) atoms. The number of hydrogen-bond donors (Lipinski definition) is 2. The number of pyridine rings is 1. The van der Waals surface area contributed by atoms with Crippen LogP contribution in [0.1, 0.15) is 16.4 Å². The number of carbonyl (C=O) groups is 1. The molecule has 0 fully saturated rings. The summed E-state index contributed by atoms with van der Waals surface area (Å²) < 4.78 is 45.3. The van der Waals surface area contributed by atoms with Crippen LogP contribution in [0.15, 0.2) is 64.2 Å². The normalized spacial score (nSPS) is 12.7.